The molecule has 1 amide bonds. The topological polar surface area (TPSA) is 60.9 Å². The number of nitrogens with zero attached hydrogens (tertiary/aromatic N) is 2. The summed E-state index contributed by atoms with van der Waals surface area (Å²) in [5.74, 6) is -1.04. The summed E-state index contributed by atoms with van der Waals surface area (Å²) < 4.78 is 0. The number of hydrogen-bond donors (Lipinski definition) is 1. The van der Waals surface area contributed by atoms with Gasteiger partial charge in [-0.1, -0.05) is 6.07 Å². The van der Waals surface area contributed by atoms with Crippen molar-refractivity contribution >= 4 is 23.2 Å². The van der Waals surface area contributed by atoms with Crippen molar-refractivity contribution in [2.45, 2.75) is 6.54 Å². The van der Waals surface area contributed by atoms with E-state index in [2.05, 4.69) is 0 Å². The van der Waals surface area contributed by atoms with Crippen molar-refractivity contribution in [3.63, 3.8) is 0 Å². The lowest BCUT2D eigenvalue weighted by Crippen LogP contribution is -2.53. The van der Waals surface area contributed by atoms with E-state index >= 15 is 0 Å². The third kappa shape index (κ3) is 3.08. The summed E-state index contributed by atoms with van der Waals surface area (Å²) in [6.45, 7) is 1.89. The SMILES string of the molecule is CN(Cc1cccs1)C(=O)CN1CC(C(=O)O)C1. The summed E-state index contributed by atoms with van der Waals surface area (Å²) in [5, 5.41) is 10.7. The molecule has 0 aliphatic carbocycles. The Morgan fingerprint density at radius 3 is 2.83 bits per heavy atom. The van der Waals surface area contributed by atoms with Gasteiger partial charge in [-0.15, -0.1) is 11.3 Å². The van der Waals surface area contributed by atoms with E-state index in [0.29, 0.717) is 26.2 Å². The molecule has 2 rings (SSSR count). The normalized spacial score (nSPS) is 16.3. The molecule has 1 aromatic rings. The van der Waals surface area contributed by atoms with Gasteiger partial charge in [0.15, 0.2) is 0 Å². The summed E-state index contributed by atoms with van der Waals surface area (Å²) in [5.41, 5.74) is 0. The third-order valence-corrected chi connectivity index (χ3v) is 3.93. The zero-order chi connectivity index (χ0) is 13.1. The fraction of sp³-hybridized carbons (Fsp3) is 0.500. The van der Waals surface area contributed by atoms with Crippen molar-refractivity contribution in [2.75, 3.05) is 26.7 Å². The van der Waals surface area contributed by atoms with Gasteiger partial charge in [0.05, 0.1) is 19.0 Å². The van der Waals surface area contributed by atoms with Crippen molar-refractivity contribution in [3.8, 4) is 0 Å². The molecule has 0 saturated carbocycles. The van der Waals surface area contributed by atoms with Crippen LogP contribution < -0.4 is 0 Å². The van der Waals surface area contributed by atoms with Gasteiger partial charge in [-0.05, 0) is 11.4 Å². The first-order valence-electron chi connectivity index (χ1n) is 5.78. The minimum absolute atomic E-state index is 0.0345. The van der Waals surface area contributed by atoms with Gasteiger partial charge in [0.2, 0.25) is 5.91 Å². The van der Waals surface area contributed by atoms with Gasteiger partial charge < -0.3 is 10.0 Å². The lowest BCUT2D eigenvalue weighted by Gasteiger charge is -2.36. The number of hydrogen-bond acceptors (Lipinski definition) is 4. The van der Waals surface area contributed by atoms with E-state index < -0.39 is 5.97 Å². The van der Waals surface area contributed by atoms with Crippen LogP contribution in [-0.2, 0) is 16.1 Å². The smallest absolute Gasteiger partial charge is 0.309 e. The number of likely N-dealkylation sites (N-methyl/N-ethyl adjacent to an activating group) is 1. The van der Waals surface area contributed by atoms with E-state index in [1.807, 2.05) is 22.4 Å². The first-order valence-corrected chi connectivity index (χ1v) is 6.65. The van der Waals surface area contributed by atoms with Crippen molar-refractivity contribution in [2.24, 2.45) is 5.92 Å². The van der Waals surface area contributed by atoms with Crippen LogP contribution in [0.1, 0.15) is 4.88 Å². The Hall–Kier alpha value is -1.40. The zero-order valence-corrected chi connectivity index (χ0v) is 11.0. The second-order valence-corrected chi connectivity index (χ2v) is 5.59. The summed E-state index contributed by atoms with van der Waals surface area (Å²) in [7, 11) is 1.77. The van der Waals surface area contributed by atoms with E-state index in [9.17, 15) is 9.59 Å². The van der Waals surface area contributed by atoms with Gasteiger partial charge in [0.25, 0.3) is 0 Å². The third-order valence-electron chi connectivity index (χ3n) is 3.06. The van der Waals surface area contributed by atoms with Crippen molar-refractivity contribution < 1.29 is 14.7 Å². The Balaban J connectivity index is 1.74. The molecule has 2 heterocycles. The van der Waals surface area contributed by atoms with Gasteiger partial charge >= 0.3 is 5.97 Å². The Morgan fingerprint density at radius 1 is 1.56 bits per heavy atom. The minimum Gasteiger partial charge on any atom is -0.481 e. The van der Waals surface area contributed by atoms with E-state index in [-0.39, 0.29) is 11.8 Å². The first-order chi connectivity index (χ1) is 8.56. The van der Waals surface area contributed by atoms with E-state index in [1.54, 1.807) is 23.3 Å². The summed E-state index contributed by atoms with van der Waals surface area (Å²) >= 11 is 1.63. The second kappa shape index (κ2) is 5.49. The molecule has 18 heavy (non-hydrogen) atoms. The number of carboxylic acid groups (broad SMARTS) is 1. The average molecular weight is 268 g/mol. The first kappa shape index (κ1) is 13.0. The maximum Gasteiger partial charge on any atom is 0.309 e. The average Bonchev–Trinajstić information content (AvgIpc) is 2.74. The van der Waals surface area contributed by atoms with Gasteiger partial charge in [-0.2, -0.15) is 0 Å². The molecular weight excluding hydrogens is 252 g/mol. The molecule has 1 aliphatic heterocycles. The molecule has 0 aromatic carbocycles. The molecule has 0 atom stereocenters. The summed E-state index contributed by atoms with van der Waals surface area (Å²) in [6, 6.07) is 3.96. The molecule has 1 saturated heterocycles. The highest BCUT2D eigenvalue weighted by molar-refractivity contribution is 7.09. The number of aliphatic carboxylic acids is 1. The predicted molar refractivity (Wildman–Crippen MR) is 68.4 cm³/mol. The van der Waals surface area contributed by atoms with Crippen molar-refractivity contribution in [3.05, 3.63) is 22.4 Å². The summed E-state index contributed by atoms with van der Waals surface area (Å²) in [6.07, 6.45) is 0. The largest absolute Gasteiger partial charge is 0.481 e. The number of rotatable bonds is 5. The van der Waals surface area contributed by atoms with Gasteiger partial charge in [-0.3, -0.25) is 14.5 Å². The highest BCUT2D eigenvalue weighted by Gasteiger charge is 2.33. The molecule has 6 heteroatoms. The zero-order valence-electron chi connectivity index (χ0n) is 10.2. The molecular formula is C12H16N2O3S. The monoisotopic (exact) mass is 268 g/mol. The Kier molecular flexibility index (Phi) is 3.98. The minimum atomic E-state index is -0.773. The molecule has 0 unspecified atom stereocenters. The van der Waals surface area contributed by atoms with Crippen LogP contribution in [0.2, 0.25) is 0 Å². The van der Waals surface area contributed by atoms with Gasteiger partial charge in [0, 0.05) is 25.0 Å². The number of carbonyl (C=O) groups excluding carboxylic acids is 1. The Bertz CT molecular complexity index is 427. The molecule has 1 aromatic heterocycles. The molecule has 0 radical (unpaired) electrons. The molecule has 0 spiro atoms. The van der Waals surface area contributed by atoms with E-state index in [4.69, 9.17) is 5.11 Å². The van der Waals surface area contributed by atoms with Crippen LogP contribution in [0.25, 0.3) is 0 Å². The van der Waals surface area contributed by atoms with Crippen LogP contribution in [0, 0.1) is 5.92 Å². The summed E-state index contributed by atoms with van der Waals surface area (Å²) in [4.78, 5) is 27.2. The molecule has 5 nitrogen and oxygen atoms in total. The number of amides is 1. The molecule has 1 fully saturated rings. The van der Waals surface area contributed by atoms with Crippen LogP contribution in [0.3, 0.4) is 0 Å². The lowest BCUT2D eigenvalue weighted by atomic mass is 10.0. The van der Waals surface area contributed by atoms with Crippen LogP contribution in [0.5, 0.6) is 0 Å². The Labute approximate surface area is 110 Å². The van der Waals surface area contributed by atoms with Crippen LogP contribution in [0.15, 0.2) is 17.5 Å². The van der Waals surface area contributed by atoms with Crippen LogP contribution in [0.4, 0.5) is 0 Å². The van der Waals surface area contributed by atoms with Gasteiger partial charge in [-0.25, -0.2) is 0 Å². The van der Waals surface area contributed by atoms with Crippen molar-refractivity contribution in [1.29, 1.82) is 0 Å². The quantitative estimate of drug-likeness (QED) is 0.855. The standard InChI is InChI=1S/C12H16N2O3S/c1-13(7-10-3-2-4-18-10)11(15)8-14-5-9(6-14)12(16)17/h2-4,9H,5-8H2,1H3,(H,16,17). The number of likely N-dealkylation sites (tertiary alicyclic amines) is 1. The van der Waals surface area contributed by atoms with Crippen molar-refractivity contribution in [1.82, 2.24) is 9.80 Å². The second-order valence-electron chi connectivity index (χ2n) is 4.56. The van der Waals surface area contributed by atoms with Crippen LogP contribution >= 0.6 is 11.3 Å². The fourth-order valence-corrected chi connectivity index (χ4v) is 2.65. The highest BCUT2D eigenvalue weighted by atomic mass is 32.1. The van der Waals surface area contributed by atoms with E-state index in [0.717, 1.165) is 4.88 Å². The lowest BCUT2D eigenvalue weighted by molar-refractivity contribution is -0.149. The number of thiophene rings is 1. The molecule has 98 valence electrons. The highest BCUT2D eigenvalue weighted by Crippen LogP contribution is 2.16. The molecule has 1 aliphatic rings. The molecule has 1 N–H and O–H groups in total. The van der Waals surface area contributed by atoms with Crippen LogP contribution in [-0.4, -0.2) is 53.5 Å². The fourth-order valence-electron chi connectivity index (χ4n) is 1.89. The molecule has 0 bridgehead atoms. The van der Waals surface area contributed by atoms with Gasteiger partial charge in [0.1, 0.15) is 0 Å². The predicted octanol–water partition coefficient (Wildman–Crippen LogP) is 0.723. The number of carboxylic acids is 1. The van der Waals surface area contributed by atoms with E-state index in [1.165, 1.54) is 0 Å². The maximum atomic E-state index is 11.9. The maximum absolute atomic E-state index is 11.9. The Morgan fingerprint density at radius 2 is 2.28 bits per heavy atom. The number of carbonyl (C=O) groups is 2.